The molecule has 0 saturated carbocycles. The maximum atomic E-state index is 11.8. The smallest absolute Gasteiger partial charge is 0.256 e. The van der Waals surface area contributed by atoms with Gasteiger partial charge in [0, 0.05) is 28.2 Å². The largest absolute Gasteiger partial charge is 0.362 e. The summed E-state index contributed by atoms with van der Waals surface area (Å²) in [5.74, 6) is -0.100. The maximum absolute atomic E-state index is 11.8. The Morgan fingerprint density at radius 3 is 2.88 bits per heavy atom. The molecule has 0 radical (unpaired) electrons. The zero-order valence-electron chi connectivity index (χ0n) is 8.83. The Kier molecular flexibility index (Phi) is 2.27. The van der Waals surface area contributed by atoms with Gasteiger partial charge in [0.15, 0.2) is 0 Å². The molecule has 1 aromatic carbocycles. The minimum absolute atomic E-state index is 0.100. The maximum Gasteiger partial charge on any atom is 0.256 e. The molecule has 1 aliphatic rings. The SMILES string of the molecule is O=C1Nc2ccc(Cl)cc2/C1=C\c1ccc[nH]1. The van der Waals surface area contributed by atoms with E-state index in [1.54, 1.807) is 12.1 Å². The summed E-state index contributed by atoms with van der Waals surface area (Å²) in [6.45, 7) is 0. The van der Waals surface area contributed by atoms with Crippen molar-refractivity contribution in [3.63, 3.8) is 0 Å². The van der Waals surface area contributed by atoms with Crippen molar-refractivity contribution < 1.29 is 4.79 Å². The number of rotatable bonds is 1. The molecule has 0 spiro atoms. The van der Waals surface area contributed by atoms with Crippen molar-refractivity contribution >= 4 is 34.8 Å². The molecule has 3 rings (SSSR count). The Bertz CT molecular complexity index is 614. The molecule has 2 aromatic rings. The number of nitrogens with one attached hydrogen (secondary N) is 2. The highest BCUT2D eigenvalue weighted by molar-refractivity contribution is 6.36. The number of H-pyrrole nitrogens is 1. The van der Waals surface area contributed by atoms with Crippen molar-refractivity contribution in [3.05, 3.63) is 52.8 Å². The number of hydrogen-bond donors (Lipinski definition) is 2. The fraction of sp³-hybridized carbons (Fsp3) is 0. The van der Waals surface area contributed by atoms with E-state index in [1.807, 2.05) is 30.5 Å². The van der Waals surface area contributed by atoms with E-state index in [2.05, 4.69) is 10.3 Å². The van der Waals surface area contributed by atoms with Gasteiger partial charge in [-0.25, -0.2) is 0 Å². The number of hydrogen-bond acceptors (Lipinski definition) is 1. The zero-order chi connectivity index (χ0) is 11.8. The van der Waals surface area contributed by atoms with Gasteiger partial charge in [-0.2, -0.15) is 0 Å². The second-order valence-electron chi connectivity index (χ2n) is 3.83. The number of carbonyl (C=O) groups excluding carboxylic acids is 1. The van der Waals surface area contributed by atoms with Crippen LogP contribution in [0.1, 0.15) is 11.3 Å². The van der Waals surface area contributed by atoms with Crippen molar-refractivity contribution in [1.29, 1.82) is 0 Å². The molecular weight excluding hydrogens is 236 g/mol. The molecule has 4 heteroatoms. The summed E-state index contributed by atoms with van der Waals surface area (Å²) in [6.07, 6.45) is 3.63. The summed E-state index contributed by atoms with van der Waals surface area (Å²) < 4.78 is 0. The molecule has 2 N–H and O–H groups in total. The highest BCUT2D eigenvalue weighted by Crippen LogP contribution is 2.34. The average Bonchev–Trinajstić information content (AvgIpc) is 2.90. The zero-order valence-corrected chi connectivity index (χ0v) is 9.58. The summed E-state index contributed by atoms with van der Waals surface area (Å²) in [5, 5.41) is 3.43. The van der Waals surface area contributed by atoms with E-state index in [9.17, 15) is 4.79 Å². The molecule has 0 saturated heterocycles. The van der Waals surface area contributed by atoms with Gasteiger partial charge in [0.2, 0.25) is 0 Å². The van der Waals surface area contributed by atoms with Crippen LogP contribution in [-0.4, -0.2) is 10.9 Å². The van der Waals surface area contributed by atoms with Gasteiger partial charge in [0.1, 0.15) is 0 Å². The quantitative estimate of drug-likeness (QED) is 0.744. The molecule has 0 atom stereocenters. The van der Waals surface area contributed by atoms with Crippen LogP contribution in [0.15, 0.2) is 36.5 Å². The van der Waals surface area contributed by atoms with Gasteiger partial charge in [-0.3, -0.25) is 4.79 Å². The Morgan fingerprint density at radius 1 is 1.24 bits per heavy atom. The molecule has 17 heavy (non-hydrogen) atoms. The van der Waals surface area contributed by atoms with Gasteiger partial charge in [-0.15, -0.1) is 0 Å². The average molecular weight is 245 g/mol. The van der Waals surface area contributed by atoms with Gasteiger partial charge in [0.05, 0.1) is 5.57 Å². The van der Waals surface area contributed by atoms with Crippen LogP contribution in [0.25, 0.3) is 11.6 Å². The van der Waals surface area contributed by atoms with E-state index in [0.29, 0.717) is 10.6 Å². The second-order valence-corrected chi connectivity index (χ2v) is 4.26. The van der Waals surface area contributed by atoms with Crippen LogP contribution in [0, 0.1) is 0 Å². The third kappa shape index (κ3) is 1.74. The molecule has 0 aliphatic carbocycles. The number of aromatic nitrogens is 1. The number of benzene rings is 1. The molecule has 2 heterocycles. The van der Waals surface area contributed by atoms with E-state index < -0.39 is 0 Å². The normalized spacial score (nSPS) is 16.1. The lowest BCUT2D eigenvalue weighted by Gasteiger charge is -1.98. The molecule has 1 aliphatic heterocycles. The third-order valence-corrected chi connectivity index (χ3v) is 2.92. The number of amides is 1. The summed E-state index contributed by atoms with van der Waals surface area (Å²) in [6, 6.07) is 9.16. The summed E-state index contributed by atoms with van der Waals surface area (Å²) in [5.41, 5.74) is 3.17. The van der Waals surface area contributed by atoms with Crippen LogP contribution in [0.2, 0.25) is 5.02 Å². The lowest BCUT2D eigenvalue weighted by atomic mass is 10.1. The van der Waals surface area contributed by atoms with Crippen LogP contribution in [-0.2, 0) is 4.79 Å². The monoisotopic (exact) mass is 244 g/mol. The summed E-state index contributed by atoms with van der Waals surface area (Å²) in [4.78, 5) is 14.9. The Hall–Kier alpha value is -2.00. The Labute approximate surface area is 103 Å². The molecular formula is C13H9ClN2O. The van der Waals surface area contributed by atoms with Gasteiger partial charge in [0.25, 0.3) is 5.91 Å². The first-order valence-corrected chi connectivity index (χ1v) is 5.58. The van der Waals surface area contributed by atoms with Crippen molar-refractivity contribution in [2.75, 3.05) is 5.32 Å². The van der Waals surface area contributed by atoms with Gasteiger partial charge in [-0.05, 0) is 36.4 Å². The number of anilines is 1. The van der Waals surface area contributed by atoms with E-state index in [0.717, 1.165) is 16.9 Å². The fourth-order valence-corrected chi connectivity index (χ4v) is 2.07. The predicted molar refractivity (Wildman–Crippen MR) is 68.7 cm³/mol. The molecule has 0 bridgehead atoms. The van der Waals surface area contributed by atoms with Crippen LogP contribution in [0.3, 0.4) is 0 Å². The Balaban J connectivity index is 2.13. The molecule has 0 unspecified atom stereocenters. The van der Waals surface area contributed by atoms with Crippen LogP contribution >= 0.6 is 11.6 Å². The fourth-order valence-electron chi connectivity index (χ4n) is 1.89. The van der Waals surface area contributed by atoms with Crippen molar-refractivity contribution in [2.24, 2.45) is 0 Å². The first-order valence-electron chi connectivity index (χ1n) is 5.20. The van der Waals surface area contributed by atoms with Crippen molar-refractivity contribution in [2.45, 2.75) is 0 Å². The number of fused-ring (bicyclic) bond motifs is 1. The van der Waals surface area contributed by atoms with Crippen molar-refractivity contribution in [3.8, 4) is 0 Å². The summed E-state index contributed by atoms with van der Waals surface area (Å²) in [7, 11) is 0. The number of aromatic amines is 1. The molecule has 1 amide bonds. The molecule has 0 fully saturated rings. The minimum Gasteiger partial charge on any atom is -0.362 e. The lowest BCUT2D eigenvalue weighted by Crippen LogP contribution is -2.03. The minimum atomic E-state index is -0.100. The second kappa shape index (κ2) is 3.79. The van der Waals surface area contributed by atoms with Crippen LogP contribution in [0.4, 0.5) is 5.69 Å². The van der Waals surface area contributed by atoms with E-state index >= 15 is 0 Å². The highest BCUT2D eigenvalue weighted by Gasteiger charge is 2.24. The van der Waals surface area contributed by atoms with E-state index in [1.165, 1.54) is 0 Å². The standard InChI is InChI=1S/C13H9ClN2O/c14-8-3-4-12-10(6-8)11(13(17)16-12)7-9-2-1-5-15-9/h1-7,15H,(H,16,17)/b11-7+. The lowest BCUT2D eigenvalue weighted by molar-refractivity contribution is -0.110. The van der Waals surface area contributed by atoms with Gasteiger partial charge in [-0.1, -0.05) is 11.6 Å². The van der Waals surface area contributed by atoms with E-state index in [4.69, 9.17) is 11.6 Å². The summed E-state index contributed by atoms with van der Waals surface area (Å²) >= 11 is 5.94. The Morgan fingerprint density at radius 2 is 2.12 bits per heavy atom. The first kappa shape index (κ1) is 10.2. The van der Waals surface area contributed by atoms with E-state index in [-0.39, 0.29) is 5.91 Å². The first-order chi connectivity index (χ1) is 8.24. The molecule has 1 aromatic heterocycles. The van der Waals surface area contributed by atoms with Crippen LogP contribution in [0.5, 0.6) is 0 Å². The number of carbonyl (C=O) groups is 1. The highest BCUT2D eigenvalue weighted by atomic mass is 35.5. The molecule has 3 nitrogen and oxygen atoms in total. The van der Waals surface area contributed by atoms with Gasteiger partial charge >= 0.3 is 0 Å². The van der Waals surface area contributed by atoms with Crippen molar-refractivity contribution in [1.82, 2.24) is 4.98 Å². The predicted octanol–water partition coefficient (Wildman–Crippen LogP) is 3.16. The third-order valence-electron chi connectivity index (χ3n) is 2.69. The number of halogens is 1. The molecule has 84 valence electrons. The van der Waals surface area contributed by atoms with Crippen LogP contribution < -0.4 is 5.32 Å². The topological polar surface area (TPSA) is 44.9 Å². The van der Waals surface area contributed by atoms with Gasteiger partial charge < -0.3 is 10.3 Å².